The van der Waals surface area contributed by atoms with E-state index in [1.165, 1.54) is 11.8 Å². The molecule has 2 aromatic rings. The van der Waals surface area contributed by atoms with Crippen molar-refractivity contribution in [2.75, 3.05) is 12.3 Å². The Balaban J connectivity index is 2.09. The smallest absolute Gasteiger partial charge is 0.230 e. The second-order valence-electron chi connectivity index (χ2n) is 4.56. The Morgan fingerprint density at radius 3 is 2.90 bits per heavy atom. The number of amides is 1. The average molecular weight is 302 g/mol. The fourth-order valence-electron chi connectivity index (χ4n) is 1.87. The van der Waals surface area contributed by atoms with Crippen LogP contribution in [-0.2, 0) is 11.8 Å². The molecule has 0 aliphatic carbocycles. The van der Waals surface area contributed by atoms with E-state index in [4.69, 9.17) is 0 Å². The van der Waals surface area contributed by atoms with E-state index < -0.39 is 0 Å². The quantitative estimate of drug-likeness (QED) is 0.656. The van der Waals surface area contributed by atoms with Crippen molar-refractivity contribution >= 4 is 17.7 Å². The molecule has 0 atom stereocenters. The van der Waals surface area contributed by atoms with Gasteiger partial charge in [-0.1, -0.05) is 42.1 Å². The van der Waals surface area contributed by atoms with Crippen LogP contribution in [0.1, 0.15) is 5.56 Å². The minimum Gasteiger partial charge on any atom is -0.352 e. The number of nitrogens with zero attached hydrogens (tertiary/aromatic N) is 3. The number of benzene rings is 1. The molecule has 0 spiro atoms. The lowest BCUT2D eigenvalue weighted by Crippen LogP contribution is -2.25. The normalized spacial score (nSPS) is 10.4. The zero-order valence-corrected chi connectivity index (χ0v) is 13.0. The molecule has 6 heteroatoms. The highest BCUT2D eigenvalue weighted by molar-refractivity contribution is 7.99. The standard InChI is InChI=1S/C15H18N4OS/c1-4-9-16-13(20)10-21-15-18-17-14(19(15)3)12-8-6-5-7-11(12)2/h4-8H,1,9-10H2,2-3H3,(H,16,20). The molecule has 0 saturated carbocycles. The molecule has 0 aliphatic heterocycles. The SMILES string of the molecule is C=CCNC(=O)CSc1nnc(-c2ccccc2C)n1C. The summed E-state index contributed by atoms with van der Waals surface area (Å²) in [7, 11) is 1.91. The van der Waals surface area contributed by atoms with Crippen molar-refractivity contribution in [3.05, 3.63) is 42.5 Å². The van der Waals surface area contributed by atoms with Crippen molar-refractivity contribution in [1.29, 1.82) is 0 Å². The van der Waals surface area contributed by atoms with E-state index in [2.05, 4.69) is 22.1 Å². The predicted molar refractivity (Wildman–Crippen MR) is 85.1 cm³/mol. The minimum atomic E-state index is -0.0414. The van der Waals surface area contributed by atoms with Gasteiger partial charge in [0.25, 0.3) is 0 Å². The highest BCUT2D eigenvalue weighted by atomic mass is 32.2. The van der Waals surface area contributed by atoms with E-state index in [0.717, 1.165) is 22.1 Å². The number of nitrogens with one attached hydrogen (secondary N) is 1. The first-order chi connectivity index (χ1) is 10.1. The predicted octanol–water partition coefficient (Wildman–Crippen LogP) is 2.18. The number of rotatable bonds is 6. The van der Waals surface area contributed by atoms with Gasteiger partial charge >= 0.3 is 0 Å². The van der Waals surface area contributed by atoms with Gasteiger partial charge in [-0.3, -0.25) is 4.79 Å². The van der Waals surface area contributed by atoms with Crippen molar-refractivity contribution in [3.63, 3.8) is 0 Å². The van der Waals surface area contributed by atoms with Crippen LogP contribution in [0.25, 0.3) is 11.4 Å². The van der Waals surface area contributed by atoms with Crippen molar-refractivity contribution in [3.8, 4) is 11.4 Å². The number of hydrogen-bond donors (Lipinski definition) is 1. The number of aromatic nitrogens is 3. The first-order valence-electron chi connectivity index (χ1n) is 6.59. The van der Waals surface area contributed by atoms with E-state index in [0.29, 0.717) is 12.3 Å². The lowest BCUT2D eigenvalue weighted by Gasteiger charge is -2.06. The fraction of sp³-hybridized carbons (Fsp3) is 0.267. The second kappa shape index (κ2) is 7.08. The third-order valence-corrected chi connectivity index (χ3v) is 4.02. The van der Waals surface area contributed by atoms with E-state index in [1.54, 1.807) is 6.08 Å². The lowest BCUT2D eigenvalue weighted by atomic mass is 10.1. The summed E-state index contributed by atoms with van der Waals surface area (Å²) in [6.07, 6.45) is 1.65. The molecule has 5 nitrogen and oxygen atoms in total. The summed E-state index contributed by atoms with van der Waals surface area (Å²) in [5, 5.41) is 11.9. The van der Waals surface area contributed by atoms with E-state index in [-0.39, 0.29) is 5.91 Å². The molecule has 110 valence electrons. The number of carbonyl (C=O) groups excluding carboxylic acids is 1. The van der Waals surface area contributed by atoms with Gasteiger partial charge in [-0.25, -0.2) is 0 Å². The molecule has 0 unspecified atom stereocenters. The Bertz CT molecular complexity index is 651. The molecule has 0 fully saturated rings. The topological polar surface area (TPSA) is 59.8 Å². The third-order valence-electron chi connectivity index (χ3n) is 3.00. The van der Waals surface area contributed by atoms with Gasteiger partial charge in [0.15, 0.2) is 11.0 Å². The Morgan fingerprint density at radius 1 is 1.43 bits per heavy atom. The molecule has 21 heavy (non-hydrogen) atoms. The van der Waals surface area contributed by atoms with Crippen molar-refractivity contribution in [1.82, 2.24) is 20.1 Å². The zero-order valence-electron chi connectivity index (χ0n) is 12.2. The molecule has 0 aliphatic rings. The van der Waals surface area contributed by atoms with Gasteiger partial charge in [0.2, 0.25) is 5.91 Å². The summed E-state index contributed by atoms with van der Waals surface area (Å²) in [6, 6.07) is 8.03. The highest BCUT2D eigenvalue weighted by Gasteiger charge is 2.13. The lowest BCUT2D eigenvalue weighted by molar-refractivity contribution is -0.118. The maximum Gasteiger partial charge on any atom is 0.230 e. The van der Waals surface area contributed by atoms with Crippen molar-refractivity contribution in [2.45, 2.75) is 12.1 Å². The van der Waals surface area contributed by atoms with E-state index >= 15 is 0 Å². The molecule has 0 saturated heterocycles. The summed E-state index contributed by atoms with van der Waals surface area (Å²) >= 11 is 1.37. The molecular weight excluding hydrogens is 284 g/mol. The molecule has 2 rings (SSSR count). The summed E-state index contributed by atoms with van der Waals surface area (Å²) in [4.78, 5) is 11.6. The molecule has 1 amide bonds. The Hall–Kier alpha value is -2.08. The van der Waals surface area contributed by atoms with Crippen LogP contribution in [0.3, 0.4) is 0 Å². The first-order valence-corrected chi connectivity index (χ1v) is 7.58. The summed E-state index contributed by atoms with van der Waals surface area (Å²) in [5.41, 5.74) is 2.20. The average Bonchev–Trinajstić information content (AvgIpc) is 2.84. The number of hydrogen-bond acceptors (Lipinski definition) is 4. The molecular formula is C15H18N4OS. The fourth-order valence-corrected chi connectivity index (χ4v) is 2.61. The van der Waals surface area contributed by atoms with Crippen molar-refractivity contribution in [2.24, 2.45) is 7.05 Å². The first kappa shape index (κ1) is 15.3. The summed E-state index contributed by atoms with van der Waals surface area (Å²) in [5.74, 6) is 1.08. The second-order valence-corrected chi connectivity index (χ2v) is 5.50. The van der Waals surface area contributed by atoms with Crippen LogP contribution in [0.2, 0.25) is 0 Å². The van der Waals surface area contributed by atoms with Gasteiger partial charge in [-0.05, 0) is 12.5 Å². The minimum absolute atomic E-state index is 0.0414. The molecule has 0 radical (unpaired) electrons. The van der Waals surface area contributed by atoms with Gasteiger partial charge in [0.1, 0.15) is 0 Å². The molecule has 1 aromatic carbocycles. The van der Waals surface area contributed by atoms with Gasteiger partial charge in [0.05, 0.1) is 5.75 Å². The highest BCUT2D eigenvalue weighted by Crippen LogP contribution is 2.24. The number of thioether (sulfide) groups is 1. The van der Waals surface area contributed by atoms with Crippen LogP contribution in [-0.4, -0.2) is 33.0 Å². The van der Waals surface area contributed by atoms with Gasteiger partial charge in [0, 0.05) is 19.2 Å². The molecule has 0 bridgehead atoms. The Labute approximate surface area is 128 Å². The van der Waals surface area contributed by atoms with Gasteiger partial charge in [-0.2, -0.15) is 0 Å². The third kappa shape index (κ3) is 3.72. The summed E-state index contributed by atoms with van der Waals surface area (Å²) < 4.78 is 1.91. The maximum absolute atomic E-state index is 11.6. The monoisotopic (exact) mass is 302 g/mol. The maximum atomic E-state index is 11.6. The van der Waals surface area contributed by atoms with Crippen LogP contribution in [0.5, 0.6) is 0 Å². The Kier molecular flexibility index (Phi) is 5.16. The van der Waals surface area contributed by atoms with Gasteiger partial charge < -0.3 is 9.88 Å². The van der Waals surface area contributed by atoms with Crippen LogP contribution in [0.15, 0.2) is 42.1 Å². The Morgan fingerprint density at radius 2 is 2.19 bits per heavy atom. The largest absolute Gasteiger partial charge is 0.352 e. The summed E-state index contributed by atoms with van der Waals surface area (Å²) in [6.45, 7) is 6.08. The van der Waals surface area contributed by atoms with Crippen LogP contribution >= 0.6 is 11.8 Å². The molecule has 1 aromatic heterocycles. The van der Waals surface area contributed by atoms with E-state index in [9.17, 15) is 4.79 Å². The number of aryl methyl sites for hydroxylation is 1. The number of carbonyl (C=O) groups is 1. The van der Waals surface area contributed by atoms with Gasteiger partial charge in [-0.15, -0.1) is 16.8 Å². The van der Waals surface area contributed by atoms with Crippen LogP contribution in [0.4, 0.5) is 0 Å². The van der Waals surface area contributed by atoms with E-state index in [1.807, 2.05) is 42.8 Å². The molecule has 1 N–H and O–H groups in total. The zero-order chi connectivity index (χ0) is 15.2. The molecule has 1 heterocycles. The van der Waals surface area contributed by atoms with Crippen molar-refractivity contribution < 1.29 is 4.79 Å². The van der Waals surface area contributed by atoms with Crippen LogP contribution < -0.4 is 5.32 Å². The van der Waals surface area contributed by atoms with Crippen LogP contribution in [0, 0.1) is 6.92 Å².